The van der Waals surface area contributed by atoms with Gasteiger partial charge in [-0.05, 0) is 48.9 Å². The monoisotopic (exact) mass is 501 g/mol. The van der Waals surface area contributed by atoms with Crippen LogP contribution in [0.4, 0.5) is 17.6 Å². The summed E-state index contributed by atoms with van der Waals surface area (Å²) in [6.07, 6.45) is 0. The Kier molecular flexibility index (Phi) is 6.30. The maximum absolute atomic E-state index is 15.3. The van der Waals surface area contributed by atoms with Gasteiger partial charge in [-0.15, -0.1) is 0 Å². The summed E-state index contributed by atoms with van der Waals surface area (Å²) >= 11 is 0. The van der Waals surface area contributed by atoms with Gasteiger partial charge in [-0.1, -0.05) is 13.8 Å². The first-order valence-electron chi connectivity index (χ1n) is 10.9. The zero-order valence-electron chi connectivity index (χ0n) is 19.9. The quantitative estimate of drug-likeness (QED) is 0.296. The van der Waals surface area contributed by atoms with Crippen LogP contribution in [-0.2, 0) is 10.2 Å². The highest BCUT2D eigenvalue weighted by atomic mass is 19.2. The molecule has 0 aliphatic heterocycles. The maximum atomic E-state index is 15.3. The van der Waals surface area contributed by atoms with Gasteiger partial charge in [0.2, 0.25) is 0 Å². The van der Waals surface area contributed by atoms with Gasteiger partial charge in [-0.3, -0.25) is 0 Å². The zero-order valence-corrected chi connectivity index (χ0v) is 19.9. The number of carbonyl (C=O) groups is 1. The van der Waals surface area contributed by atoms with Crippen LogP contribution in [0.25, 0.3) is 27.7 Å². The van der Waals surface area contributed by atoms with Crippen LogP contribution in [0.2, 0.25) is 0 Å². The number of ether oxygens (including phenoxy) is 1. The molecule has 36 heavy (non-hydrogen) atoms. The standard InChI is InChI=1S/C27H23F4NO4/c1-13-7-16(5-6-18(13)29)32-20-10-15(28)11-21(33)23(20)22(25(32)27(2,3)12-36-4)17-8-14(26(34)35)9-19(30)24(17)31/h5-11,33H,12H2,1-4H3,(H,34,35). The average molecular weight is 501 g/mol. The third-order valence-electron chi connectivity index (χ3n) is 6.10. The summed E-state index contributed by atoms with van der Waals surface area (Å²) in [6.45, 7) is 5.07. The number of halogens is 4. The topological polar surface area (TPSA) is 71.7 Å². The van der Waals surface area contributed by atoms with E-state index in [1.165, 1.54) is 36.8 Å². The Balaban J connectivity index is 2.30. The number of phenols is 1. The number of phenolic OH excluding ortho intramolecular Hbond substituents is 1. The lowest BCUT2D eigenvalue weighted by Crippen LogP contribution is -2.27. The van der Waals surface area contributed by atoms with Gasteiger partial charge in [-0.2, -0.15) is 0 Å². The summed E-state index contributed by atoms with van der Waals surface area (Å²) in [5.74, 6) is -6.07. The fourth-order valence-corrected chi connectivity index (χ4v) is 4.62. The Morgan fingerprint density at radius 2 is 1.72 bits per heavy atom. The van der Waals surface area contributed by atoms with Gasteiger partial charge in [0.25, 0.3) is 0 Å². The number of rotatable bonds is 6. The lowest BCUT2D eigenvalue weighted by molar-refractivity contribution is 0.0696. The van der Waals surface area contributed by atoms with Gasteiger partial charge < -0.3 is 19.5 Å². The summed E-state index contributed by atoms with van der Waals surface area (Å²) in [5, 5.41) is 20.3. The van der Waals surface area contributed by atoms with Crippen LogP contribution in [0.1, 0.15) is 35.5 Å². The molecule has 4 rings (SSSR count). The van der Waals surface area contributed by atoms with Crippen LogP contribution in [0.5, 0.6) is 5.75 Å². The van der Waals surface area contributed by atoms with Crippen LogP contribution in [-0.4, -0.2) is 34.5 Å². The minimum absolute atomic E-state index is 0.0293. The summed E-state index contributed by atoms with van der Waals surface area (Å²) in [4.78, 5) is 11.7. The summed E-state index contributed by atoms with van der Waals surface area (Å²) < 4.78 is 65.5. The molecule has 0 saturated carbocycles. The molecule has 0 radical (unpaired) electrons. The van der Waals surface area contributed by atoms with E-state index in [4.69, 9.17) is 4.74 Å². The number of carboxylic acids is 1. The number of aromatic hydroxyl groups is 1. The molecule has 0 spiro atoms. The summed E-state index contributed by atoms with van der Waals surface area (Å²) in [6, 6.07) is 7.61. The van der Waals surface area contributed by atoms with Crippen molar-refractivity contribution in [3.63, 3.8) is 0 Å². The third-order valence-corrected chi connectivity index (χ3v) is 6.10. The van der Waals surface area contributed by atoms with Crippen molar-refractivity contribution in [2.45, 2.75) is 26.2 Å². The average Bonchev–Trinajstić information content (AvgIpc) is 3.13. The molecule has 3 aromatic carbocycles. The number of fused-ring (bicyclic) bond motifs is 1. The Morgan fingerprint density at radius 1 is 1.03 bits per heavy atom. The van der Waals surface area contributed by atoms with Gasteiger partial charge >= 0.3 is 5.97 Å². The van der Waals surface area contributed by atoms with E-state index < -0.39 is 51.5 Å². The molecule has 2 N–H and O–H groups in total. The molecule has 0 aliphatic rings. The molecule has 0 unspecified atom stereocenters. The zero-order chi connectivity index (χ0) is 26.5. The molecule has 4 aromatic rings. The van der Waals surface area contributed by atoms with E-state index in [0.717, 1.165) is 18.2 Å². The largest absolute Gasteiger partial charge is 0.507 e. The van der Waals surface area contributed by atoms with Crippen LogP contribution < -0.4 is 0 Å². The number of hydrogen-bond donors (Lipinski definition) is 2. The smallest absolute Gasteiger partial charge is 0.335 e. The molecule has 1 heterocycles. The van der Waals surface area contributed by atoms with E-state index in [1.807, 2.05) is 0 Å². The first-order chi connectivity index (χ1) is 16.9. The second kappa shape index (κ2) is 8.98. The summed E-state index contributed by atoms with van der Waals surface area (Å²) in [7, 11) is 1.44. The Bertz CT molecular complexity index is 1520. The second-order valence-corrected chi connectivity index (χ2v) is 9.25. The molecule has 0 amide bonds. The Hall–Kier alpha value is -3.85. The number of carboxylic acid groups (broad SMARTS) is 1. The van der Waals surface area contributed by atoms with Crippen LogP contribution in [0.15, 0.2) is 42.5 Å². The van der Waals surface area contributed by atoms with E-state index in [1.54, 1.807) is 13.8 Å². The fourth-order valence-electron chi connectivity index (χ4n) is 4.62. The SMILES string of the molecule is COCC(C)(C)c1c(-c2cc(C(=O)O)cc(F)c2F)c2c(O)cc(F)cc2n1-c1ccc(F)c(C)c1. The van der Waals surface area contributed by atoms with Crippen molar-refractivity contribution < 1.29 is 37.3 Å². The first kappa shape index (κ1) is 25.2. The van der Waals surface area contributed by atoms with Crippen LogP contribution in [0.3, 0.4) is 0 Å². The molecule has 9 heteroatoms. The molecule has 0 saturated heterocycles. The van der Waals surface area contributed by atoms with Crippen molar-refractivity contribution in [2.75, 3.05) is 13.7 Å². The highest BCUT2D eigenvalue weighted by Crippen LogP contribution is 2.47. The van der Waals surface area contributed by atoms with Gasteiger partial charge in [-0.25, -0.2) is 22.4 Å². The fraction of sp³-hybridized carbons (Fsp3) is 0.222. The number of methoxy groups -OCH3 is 1. The molecule has 0 aliphatic carbocycles. The lowest BCUT2D eigenvalue weighted by Gasteiger charge is -2.28. The van der Waals surface area contributed by atoms with E-state index in [9.17, 15) is 28.2 Å². The second-order valence-electron chi connectivity index (χ2n) is 9.25. The van der Waals surface area contributed by atoms with Crippen molar-refractivity contribution in [1.29, 1.82) is 0 Å². The third kappa shape index (κ3) is 4.09. The minimum Gasteiger partial charge on any atom is -0.507 e. The molecule has 0 atom stereocenters. The van der Waals surface area contributed by atoms with Crippen molar-refractivity contribution in [3.05, 3.63) is 82.6 Å². The van der Waals surface area contributed by atoms with Crippen molar-refractivity contribution >= 4 is 16.9 Å². The predicted octanol–water partition coefficient (Wildman–Crippen LogP) is 6.49. The Labute approximate surface area is 204 Å². The van der Waals surface area contributed by atoms with E-state index in [0.29, 0.717) is 11.8 Å². The van der Waals surface area contributed by atoms with E-state index >= 15 is 4.39 Å². The molecule has 0 bridgehead atoms. The number of benzene rings is 3. The predicted molar refractivity (Wildman–Crippen MR) is 127 cm³/mol. The van der Waals surface area contributed by atoms with Crippen molar-refractivity contribution in [2.24, 2.45) is 0 Å². The molecule has 188 valence electrons. The molecule has 5 nitrogen and oxygen atoms in total. The van der Waals surface area contributed by atoms with Gasteiger partial charge in [0.15, 0.2) is 11.6 Å². The number of hydrogen-bond acceptors (Lipinski definition) is 3. The van der Waals surface area contributed by atoms with Gasteiger partial charge in [0.05, 0.1) is 23.1 Å². The van der Waals surface area contributed by atoms with Crippen molar-refractivity contribution in [3.8, 4) is 22.6 Å². The van der Waals surface area contributed by atoms with E-state index in [-0.39, 0.29) is 34.3 Å². The number of aromatic nitrogens is 1. The summed E-state index contributed by atoms with van der Waals surface area (Å²) in [5.41, 5.74) is -0.958. The van der Waals surface area contributed by atoms with Crippen LogP contribution >= 0.6 is 0 Å². The van der Waals surface area contributed by atoms with Gasteiger partial charge in [0, 0.05) is 41.1 Å². The minimum atomic E-state index is -1.49. The normalized spacial score (nSPS) is 11.9. The molecule has 1 aromatic heterocycles. The number of nitrogens with zero attached hydrogens (tertiary/aromatic N) is 1. The van der Waals surface area contributed by atoms with Crippen molar-refractivity contribution in [1.82, 2.24) is 4.57 Å². The highest BCUT2D eigenvalue weighted by molar-refractivity contribution is 6.04. The number of aryl methyl sites for hydroxylation is 1. The van der Waals surface area contributed by atoms with Crippen LogP contribution in [0, 0.1) is 30.2 Å². The Morgan fingerprint density at radius 3 is 2.33 bits per heavy atom. The molecular formula is C27H23F4NO4. The molecule has 0 fully saturated rings. The van der Waals surface area contributed by atoms with E-state index in [2.05, 4.69) is 0 Å². The first-order valence-corrected chi connectivity index (χ1v) is 10.9. The maximum Gasteiger partial charge on any atom is 0.335 e. The number of aromatic carboxylic acids is 1. The lowest BCUT2D eigenvalue weighted by atomic mass is 9.84. The highest BCUT2D eigenvalue weighted by Gasteiger charge is 2.35. The van der Waals surface area contributed by atoms with Gasteiger partial charge in [0.1, 0.15) is 17.4 Å². The molecular weight excluding hydrogens is 478 g/mol.